The molecule has 0 fully saturated rings. The monoisotopic (exact) mass is 284 g/mol. The Labute approximate surface area is 122 Å². The number of pyridine rings is 1. The number of halogens is 1. The van der Waals surface area contributed by atoms with E-state index < -0.39 is 6.10 Å². The van der Waals surface area contributed by atoms with Crippen LogP contribution in [-0.2, 0) is 6.42 Å². The fourth-order valence-corrected chi connectivity index (χ4v) is 2.53. The number of aromatic nitrogens is 2. The van der Waals surface area contributed by atoms with Crippen molar-refractivity contribution in [2.45, 2.75) is 26.4 Å². The maximum Gasteiger partial charge on any atom is 0.137 e. The highest BCUT2D eigenvalue weighted by molar-refractivity contribution is 5.84. The number of aryl methyl sites for hydroxylation is 1. The van der Waals surface area contributed by atoms with E-state index in [1.807, 2.05) is 12.3 Å². The van der Waals surface area contributed by atoms with Gasteiger partial charge in [-0.3, -0.25) is 0 Å². The molecule has 0 aliphatic rings. The molecule has 0 unspecified atom stereocenters. The summed E-state index contributed by atoms with van der Waals surface area (Å²) in [7, 11) is 0. The number of nitrogens with zero attached hydrogens (tertiary/aromatic N) is 1. The van der Waals surface area contributed by atoms with Crippen LogP contribution in [0.3, 0.4) is 0 Å². The molecule has 1 atom stereocenters. The third-order valence-corrected chi connectivity index (χ3v) is 3.73. The van der Waals surface area contributed by atoms with Crippen molar-refractivity contribution < 1.29 is 9.50 Å². The zero-order chi connectivity index (χ0) is 15.0. The number of benzene rings is 1. The number of aliphatic hydroxyl groups excluding tert-OH is 1. The first-order valence-electron chi connectivity index (χ1n) is 7.03. The lowest BCUT2D eigenvalue weighted by Crippen LogP contribution is -1.94. The van der Waals surface area contributed by atoms with Crippen LogP contribution in [0.4, 0.5) is 4.39 Å². The summed E-state index contributed by atoms with van der Waals surface area (Å²) < 4.78 is 13.7. The number of aromatic amines is 1. The van der Waals surface area contributed by atoms with Gasteiger partial charge in [0.25, 0.3) is 0 Å². The molecule has 4 heteroatoms. The van der Waals surface area contributed by atoms with Gasteiger partial charge < -0.3 is 10.1 Å². The van der Waals surface area contributed by atoms with Crippen LogP contribution in [0.1, 0.15) is 31.1 Å². The Bertz CT molecular complexity index is 793. The van der Waals surface area contributed by atoms with Crippen LogP contribution < -0.4 is 0 Å². The average molecular weight is 284 g/mol. The molecule has 0 bridgehead atoms. The van der Waals surface area contributed by atoms with Gasteiger partial charge in [0.15, 0.2) is 0 Å². The number of hydrogen-bond acceptors (Lipinski definition) is 2. The maximum atomic E-state index is 13.7. The molecule has 0 saturated heterocycles. The van der Waals surface area contributed by atoms with Crippen molar-refractivity contribution in [3.8, 4) is 11.1 Å². The Morgan fingerprint density at radius 1 is 1.24 bits per heavy atom. The first-order valence-corrected chi connectivity index (χ1v) is 7.03. The SMILES string of the molecule is CCc1c[nH]c2ncc(-c3cc(F)cc([C@H](C)O)c3)cc12. The van der Waals surface area contributed by atoms with Crippen molar-refractivity contribution in [3.05, 3.63) is 53.6 Å². The summed E-state index contributed by atoms with van der Waals surface area (Å²) in [6.07, 6.45) is 3.88. The van der Waals surface area contributed by atoms with Crippen molar-refractivity contribution in [1.82, 2.24) is 9.97 Å². The van der Waals surface area contributed by atoms with Gasteiger partial charge in [-0.2, -0.15) is 0 Å². The summed E-state index contributed by atoms with van der Waals surface area (Å²) >= 11 is 0. The fourth-order valence-electron chi connectivity index (χ4n) is 2.53. The zero-order valence-electron chi connectivity index (χ0n) is 12.0. The predicted molar refractivity (Wildman–Crippen MR) is 81.5 cm³/mol. The molecule has 3 nitrogen and oxygen atoms in total. The van der Waals surface area contributed by atoms with E-state index in [0.717, 1.165) is 28.6 Å². The molecular formula is C17H17FN2O. The Morgan fingerprint density at radius 2 is 2.05 bits per heavy atom. The largest absolute Gasteiger partial charge is 0.389 e. The number of aliphatic hydroxyl groups is 1. The van der Waals surface area contributed by atoms with Gasteiger partial charge in [0.05, 0.1) is 6.10 Å². The van der Waals surface area contributed by atoms with Crippen LogP contribution in [0.25, 0.3) is 22.2 Å². The molecule has 21 heavy (non-hydrogen) atoms. The molecule has 1 aromatic carbocycles. The normalized spacial score (nSPS) is 12.8. The lowest BCUT2D eigenvalue weighted by atomic mass is 10.0. The third-order valence-electron chi connectivity index (χ3n) is 3.73. The van der Waals surface area contributed by atoms with E-state index in [2.05, 4.69) is 16.9 Å². The summed E-state index contributed by atoms with van der Waals surface area (Å²) in [6, 6.07) is 6.63. The summed E-state index contributed by atoms with van der Waals surface area (Å²) in [5, 5.41) is 10.7. The molecule has 3 aromatic rings. The quantitative estimate of drug-likeness (QED) is 0.764. The number of fused-ring (bicyclic) bond motifs is 1. The fraction of sp³-hybridized carbons (Fsp3) is 0.235. The summed E-state index contributed by atoms with van der Waals surface area (Å²) in [4.78, 5) is 7.52. The van der Waals surface area contributed by atoms with E-state index >= 15 is 0 Å². The molecule has 0 saturated carbocycles. The van der Waals surface area contributed by atoms with Crippen molar-refractivity contribution in [1.29, 1.82) is 0 Å². The van der Waals surface area contributed by atoms with Gasteiger partial charge in [-0.1, -0.05) is 6.92 Å². The first kappa shape index (κ1) is 13.8. The topological polar surface area (TPSA) is 48.9 Å². The number of nitrogens with one attached hydrogen (secondary N) is 1. The second kappa shape index (κ2) is 5.30. The molecule has 2 aromatic heterocycles. The molecule has 0 aliphatic heterocycles. The van der Waals surface area contributed by atoms with Gasteiger partial charge in [0, 0.05) is 23.3 Å². The highest BCUT2D eigenvalue weighted by Gasteiger charge is 2.10. The van der Waals surface area contributed by atoms with E-state index in [1.54, 1.807) is 19.2 Å². The second-order valence-electron chi connectivity index (χ2n) is 5.24. The molecule has 2 N–H and O–H groups in total. The van der Waals surface area contributed by atoms with E-state index in [9.17, 15) is 9.50 Å². The average Bonchev–Trinajstić information content (AvgIpc) is 2.88. The summed E-state index contributed by atoms with van der Waals surface area (Å²) in [5.74, 6) is -0.353. The molecule has 0 spiro atoms. The molecule has 3 rings (SSSR count). The van der Waals surface area contributed by atoms with Gasteiger partial charge in [-0.25, -0.2) is 9.37 Å². The number of hydrogen-bond donors (Lipinski definition) is 2. The van der Waals surface area contributed by atoms with Crippen molar-refractivity contribution in [2.24, 2.45) is 0 Å². The van der Waals surface area contributed by atoms with Crippen LogP contribution in [0.5, 0.6) is 0 Å². The van der Waals surface area contributed by atoms with Crippen molar-refractivity contribution in [3.63, 3.8) is 0 Å². The summed E-state index contributed by atoms with van der Waals surface area (Å²) in [5.41, 5.74) is 4.16. The van der Waals surface area contributed by atoms with Gasteiger partial charge in [0.1, 0.15) is 11.5 Å². The molecule has 108 valence electrons. The highest BCUT2D eigenvalue weighted by atomic mass is 19.1. The molecular weight excluding hydrogens is 267 g/mol. The van der Waals surface area contributed by atoms with Gasteiger partial charge in [-0.15, -0.1) is 0 Å². The minimum atomic E-state index is -0.699. The highest BCUT2D eigenvalue weighted by Crippen LogP contribution is 2.28. The smallest absolute Gasteiger partial charge is 0.137 e. The molecule has 0 amide bonds. The second-order valence-corrected chi connectivity index (χ2v) is 5.24. The van der Waals surface area contributed by atoms with E-state index in [1.165, 1.54) is 17.7 Å². The van der Waals surface area contributed by atoms with E-state index in [0.29, 0.717) is 5.56 Å². The number of rotatable bonds is 3. The Morgan fingerprint density at radius 3 is 2.76 bits per heavy atom. The Balaban J connectivity index is 2.15. The van der Waals surface area contributed by atoms with Crippen molar-refractivity contribution in [2.75, 3.05) is 0 Å². The van der Waals surface area contributed by atoms with Crippen LogP contribution >= 0.6 is 0 Å². The van der Waals surface area contributed by atoms with E-state index in [4.69, 9.17) is 0 Å². The lowest BCUT2D eigenvalue weighted by Gasteiger charge is -2.09. The Hall–Kier alpha value is -2.20. The van der Waals surface area contributed by atoms with Crippen LogP contribution in [0.15, 0.2) is 36.7 Å². The van der Waals surface area contributed by atoms with Gasteiger partial charge in [0.2, 0.25) is 0 Å². The van der Waals surface area contributed by atoms with Gasteiger partial charge in [-0.05, 0) is 54.3 Å². The molecule has 2 heterocycles. The minimum Gasteiger partial charge on any atom is -0.389 e. The van der Waals surface area contributed by atoms with Crippen LogP contribution in [0, 0.1) is 5.82 Å². The Kier molecular flexibility index (Phi) is 3.47. The third kappa shape index (κ3) is 2.54. The summed E-state index contributed by atoms with van der Waals surface area (Å²) in [6.45, 7) is 3.71. The molecule has 0 aliphatic carbocycles. The standard InChI is InChI=1S/C17H17FN2O/c1-3-11-8-19-17-16(11)7-14(9-20-17)13-4-12(10(2)21)5-15(18)6-13/h4-10,21H,3H2,1-2H3,(H,19,20)/t10-/m0/s1. The molecule has 0 radical (unpaired) electrons. The van der Waals surface area contributed by atoms with Gasteiger partial charge >= 0.3 is 0 Å². The minimum absolute atomic E-state index is 0.353. The van der Waals surface area contributed by atoms with Crippen LogP contribution in [-0.4, -0.2) is 15.1 Å². The van der Waals surface area contributed by atoms with Crippen molar-refractivity contribution >= 4 is 11.0 Å². The zero-order valence-corrected chi connectivity index (χ0v) is 12.0. The van der Waals surface area contributed by atoms with Crippen LogP contribution in [0.2, 0.25) is 0 Å². The van der Waals surface area contributed by atoms with E-state index in [-0.39, 0.29) is 5.82 Å². The first-order chi connectivity index (χ1) is 10.1. The predicted octanol–water partition coefficient (Wildman–Crippen LogP) is 3.98. The lowest BCUT2D eigenvalue weighted by molar-refractivity contribution is 0.199. The maximum absolute atomic E-state index is 13.7. The number of H-pyrrole nitrogens is 1.